The van der Waals surface area contributed by atoms with E-state index < -0.39 is 0 Å². The van der Waals surface area contributed by atoms with Crippen molar-refractivity contribution < 1.29 is 9.59 Å². The van der Waals surface area contributed by atoms with Crippen LogP contribution in [0.3, 0.4) is 0 Å². The normalized spacial score (nSPS) is 16.3. The van der Waals surface area contributed by atoms with Gasteiger partial charge in [0.2, 0.25) is 6.41 Å². The average Bonchev–Trinajstić information content (AvgIpc) is 2.29. The lowest BCUT2D eigenvalue weighted by Gasteiger charge is -2.32. The van der Waals surface area contributed by atoms with Gasteiger partial charge >= 0.3 is 6.03 Å². The molecule has 1 heterocycles. The van der Waals surface area contributed by atoms with Crippen LogP contribution in [0.25, 0.3) is 0 Å². The predicted octanol–water partition coefficient (Wildman–Crippen LogP) is 0.0989. The molecule has 0 saturated carbocycles. The van der Waals surface area contributed by atoms with E-state index in [0.717, 1.165) is 12.8 Å². The number of urea groups is 1. The van der Waals surface area contributed by atoms with Gasteiger partial charge in [0.25, 0.3) is 0 Å². The second-order valence-corrected chi connectivity index (χ2v) is 3.78. The summed E-state index contributed by atoms with van der Waals surface area (Å²) in [6, 6.07) is -0.0642. The number of amides is 3. The molecule has 1 N–H and O–H groups in total. The number of halogens is 1. The zero-order valence-electron chi connectivity index (χ0n) is 8.62. The fourth-order valence-electron chi connectivity index (χ4n) is 1.40. The minimum atomic E-state index is -0.0642. The van der Waals surface area contributed by atoms with Crippen molar-refractivity contribution in [3.63, 3.8) is 0 Å². The van der Waals surface area contributed by atoms with E-state index in [1.54, 1.807) is 9.80 Å². The lowest BCUT2D eigenvalue weighted by atomic mass is 10.3. The summed E-state index contributed by atoms with van der Waals surface area (Å²) in [6.07, 6.45) is 1.60. The molecule has 0 radical (unpaired) electrons. The molecule has 1 fully saturated rings. The summed E-state index contributed by atoms with van der Waals surface area (Å²) in [5.41, 5.74) is 0. The Hall–Kier alpha value is -0.970. The summed E-state index contributed by atoms with van der Waals surface area (Å²) >= 11 is 5.50. The molecule has 3 amide bonds. The molecule has 0 unspecified atom stereocenters. The number of carbonyl (C=O) groups is 2. The van der Waals surface area contributed by atoms with Crippen LogP contribution in [0.1, 0.15) is 6.42 Å². The van der Waals surface area contributed by atoms with Crippen molar-refractivity contribution >= 4 is 24.0 Å². The molecule has 0 aromatic rings. The number of carbonyl (C=O) groups excluding carboxylic acids is 2. The highest BCUT2D eigenvalue weighted by Gasteiger charge is 2.19. The fraction of sp³-hybridized carbons (Fsp3) is 0.778. The highest BCUT2D eigenvalue weighted by atomic mass is 35.5. The molecule has 0 aromatic carbocycles. The van der Waals surface area contributed by atoms with Crippen LogP contribution < -0.4 is 5.32 Å². The minimum absolute atomic E-state index is 0.0642. The summed E-state index contributed by atoms with van der Waals surface area (Å²) in [4.78, 5) is 25.4. The molecule has 1 saturated heterocycles. The quantitative estimate of drug-likeness (QED) is 0.425. The van der Waals surface area contributed by atoms with E-state index in [0.29, 0.717) is 38.6 Å². The number of piperazine rings is 1. The molecular weight excluding hydrogens is 218 g/mol. The van der Waals surface area contributed by atoms with Gasteiger partial charge in [-0.05, 0) is 6.42 Å². The molecule has 0 aliphatic carbocycles. The monoisotopic (exact) mass is 233 g/mol. The van der Waals surface area contributed by atoms with Gasteiger partial charge in [-0.25, -0.2) is 4.79 Å². The van der Waals surface area contributed by atoms with E-state index in [1.165, 1.54) is 0 Å². The Bertz CT molecular complexity index is 217. The Morgan fingerprint density at radius 3 is 2.53 bits per heavy atom. The first-order valence-corrected chi connectivity index (χ1v) is 5.59. The van der Waals surface area contributed by atoms with Gasteiger partial charge in [-0.2, -0.15) is 0 Å². The van der Waals surface area contributed by atoms with Crippen LogP contribution in [0.2, 0.25) is 0 Å². The van der Waals surface area contributed by atoms with Gasteiger partial charge in [0, 0.05) is 38.6 Å². The second-order valence-electron chi connectivity index (χ2n) is 3.40. The van der Waals surface area contributed by atoms with Crippen molar-refractivity contribution in [1.29, 1.82) is 0 Å². The Morgan fingerprint density at radius 1 is 1.33 bits per heavy atom. The summed E-state index contributed by atoms with van der Waals surface area (Å²) in [7, 11) is 0. The zero-order chi connectivity index (χ0) is 11.1. The lowest BCUT2D eigenvalue weighted by molar-refractivity contribution is -0.119. The summed E-state index contributed by atoms with van der Waals surface area (Å²) in [5, 5.41) is 2.78. The molecule has 0 atom stereocenters. The topological polar surface area (TPSA) is 52.7 Å². The summed E-state index contributed by atoms with van der Waals surface area (Å²) < 4.78 is 0. The maximum atomic E-state index is 11.5. The molecule has 5 nitrogen and oxygen atoms in total. The molecule has 0 bridgehead atoms. The van der Waals surface area contributed by atoms with Gasteiger partial charge < -0.3 is 15.1 Å². The maximum Gasteiger partial charge on any atom is 0.317 e. The van der Waals surface area contributed by atoms with Gasteiger partial charge in [-0.1, -0.05) is 0 Å². The highest BCUT2D eigenvalue weighted by Crippen LogP contribution is 1.99. The fourth-order valence-corrected chi connectivity index (χ4v) is 1.54. The highest BCUT2D eigenvalue weighted by molar-refractivity contribution is 6.17. The van der Waals surface area contributed by atoms with E-state index in [-0.39, 0.29) is 6.03 Å². The van der Waals surface area contributed by atoms with Gasteiger partial charge in [-0.3, -0.25) is 4.79 Å². The Morgan fingerprint density at radius 2 is 2.00 bits per heavy atom. The van der Waals surface area contributed by atoms with Gasteiger partial charge in [0.1, 0.15) is 0 Å². The average molecular weight is 234 g/mol. The van der Waals surface area contributed by atoms with Gasteiger partial charge in [-0.15, -0.1) is 11.6 Å². The third-order valence-corrected chi connectivity index (χ3v) is 2.60. The van der Waals surface area contributed by atoms with Gasteiger partial charge in [0.15, 0.2) is 0 Å². The van der Waals surface area contributed by atoms with Crippen molar-refractivity contribution in [3.8, 4) is 0 Å². The Kier molecular flexibility index (Phi) is 5.25. The van der Waals surface area contributed by atoms with Crippen molar-refractivity contribution in [1.82, 2.24) is 15.1 Å². The van der Waals surface area contributed by atoms with Crippen LogP contribution in [0.4, 0.5) is 4.79 Å². The molecule has 6 heteroatoms. The number of nitrogens with one attached hydrogen (secondary N) is 1. The first-order chi connectivity index (χ1) is 7.27. The number of rotatable bonds is 4. The third-order valence-electron chi connectivity index (χ3n) is 2.34. The molecule has 0 spiro atoms. The third kappa shape index (κ3) is 3.95. The van der Waals surface area contributed by atoms with Crippen molar-refractivity contribution in [2.24, 2.45) is 0 Å². The van der Waals surface area contributed by atoms with Crippen molar-refractivity contribution in [2.45, 2.75) is 6.42 Å². The molecular formula is C9H16ClN3O2. The zero-order valence-corrected chi connectivity index (χ0v) is 9.37. The molecule has 1 aliphatic rings. The summed E-state index contributed by atoms with van der Waals surface area (Å²) in [5.74, 6) is 0.555. The van der Waals surface area contributed by atoms with E-state index >= 15 is 0 Å². The largest absolute Gasteiger partial charge is 0.342 e. The SMILES string of the molecule is O=CN1CCN(C(=O)NCCCCl)CC1. The van der Waals surface area contributed by atoms with E-state index in [9.17, 15) is 9.59 Å². The van der Waals surface area contributed by atoms with Crippen LogP contribution >= 0.6 is 11.6 Å². The second kappa shape index (κ2) is 6.50. The number of hydrogen-bond acceptors (Lipinski definition) is 2. The molecule has 15 heavy (non-hydrogen) atoms. The van der Waals surface area contributed by atoms with Crippen LogP contribution in [-0.2, 0) is 4.79 Å². The molecule has 0 aromatic heterocycles. The first-order valence-electron chi connectivity index (χ1n) is 5.06. The minimum Gasteiger partial charge on any atom is -0.342 e. The van der Waals surface area contributed by atoms with E-state index in [2.05, 4.69) is 5.32 Å². The Labute approximate surface area is 94.3 Å². The molecule has 1 aliphatic heterocycles. The van der Waals surface area contributed by atoms with Gasteiger partial charge in [0.05, 0.1) is 0 Å². The summed E-state index contributed by atoms with van der Waals surface area (Å²) in [6.45, 7) is 3.05. The number of hydrogen-bond donors (Lipinski definition) is 1. The molecule has 1 rings (SSSR count). The van der Waals surface area contributed by atoms with Crippen molar-refractivity contribution in [3.05, 3.63) is 0 Å². The predicted molar refractivity (Wildman–Crippen MR) is 57.9 cm³/mol. The van der Waals surface area contributed by atoms with Crippen LogP contribution in [0.5, 0.6) is 0 Å². The van der Waals surface area contributed by atoms with Crippen LogP contribution in [0, 0.1) is 0 Å². The van der Waals surface area contributed by atoms with E-state index in [1.807, 2.05) is 0 Å². The smallest absolute Gasteiger partial charge is 0.317 e. The Balaban J connectivity index is 2.21. The lowest BCUT2D eigenvalue weighted by Crippen LogP contribution is -2.51. The molecule has 86 valence electrons. The number of nitrogens with zero attached hydrogens (tertiary/aromatic N) is 2. The first kappa shape index (κ1) is 12.1. The number of alkyl halides is 1. The van der Waals surface area contributed by atoms with E-state index in [4.69, 9.17) is 11.6 Å². The van der Waals surface area contributed by atoms with Crippen molar-refractivity contribution in [2.75, 3.05) is 38.6 Å². The van der Waals surface area contributed by atoms with Crippen LogP contribution in [-0.4, -0.2) is 60.8 Å². The maximum absolute atomic E-state index is 11.5. The van der Waals surface area contributed by atoms with Crippen LogP contribution in [0.15, 0.2) is 0 Å². The standard InChI is InChI=1S/C9H16ClN3O2/c10-2-1-3-11-9(15)13-6-4-12(8-14)5-7-13/h8H,1-7H2,(H,11,15).